The van der Waals surface area contributed by atoms with Crippen LogP contribution >= 0.6 is 11.8 Å². The van der Waals surface area contributed by atoms with Gasteiger partial charge in [0.05, 0.1) is 13.7 Å². The highest BCUT2D eigenvalue weighted by molar-refractivity contribution is 8.14. The number of carbonyl (C=O) groups excluding carboxylic acids is 2. The van der Waals surface area contributed by atoms with E-state index < -0.39 is 11.8 Å². The van der Waals surface area contributed by atoms with Gasteiger partial charge in [-0.1, -0.05) is 23.9 Å². The van der Waals surface area contributed by atoms with Gasteiger partial charge in [0.2, 0.25) is 0 Å². The molecule has 2 rings (SSSR count). The molecule has 0 aromatic heterocycles. The van der Waals surface area contributed by atoms with Crippen LogP contribution in [0.5, 0.6) is 5.75 Å². The van der Waals surface area contributed by atoms with E-state index in [0.717, 1.165) is 17.1 Å². The van der Waals surface area contributed by atoms with Crippen molar-refractivity contribution < 1.29 is 14.3 Å². The Labute approximate surface area is 121 Å². The van der Waals surface area contributed by atoms with Gasteiger partial charge in [-0.05, 0) is 17.7 Å². The van der Waals surface area contributed by atoms with Crippen LogP contribution in [-0.2, 0) is 16.1 Å². The molecule has 0 saturated heterocycles. The number of benzene rings is 1. The number of nitrogens with zero attached hydrogens (tertiary/aromatic N) is 1. The molecule has 1 aromatic carbocycles. The summed E-state index contributed by atoms with van der Waals surface area (Å²) >= 11 is 1.43. The van der Waals surface area contributed by atoms with Crippen molar-refractivity contribution in [2.24, 2.45) is 4.99 Å². The van der Waals surface area contributed by atoms with Crippen LogP contribution in [0.1, 0.15) is 5.56 Å². The fourth-order valence-electron chi connectivity index (χ4n) is 1.57. The summed E-state index contributed by atoms with van der Waals surface area (Å²) in [6, 6.07) is 7.25. The molecule has 1 aromatic rings. The van der Waals surface area contributed by atoms with E-state index in [-0.39, 0.29) is 6.54 Å². The van der Waals surface area contributed by atoms with Crippen molar-refractivity contribution in [1.29, 1.82) is 0 Å². The third kappa shape index (κ3) is 3.99. The van der Waals surface area contributed by atoms with Crippen LogP contribution in [0.15, 0.2) is 29.3 Å². The predicted molar refractivity (Wildman–Crippen MR) is 77.7 cm³/mol. The molecule has 0 radical (unpaired) electrons. The minimum atomic E-state index is -0.688. The third-order valence-electron chi connectivity index (χ3n) is 2.62. The van der Waals surface area contributed by atoms with Crippen molar-refractivity contribution in [1.82, 2.24) is 10.6 Å². The molecule has 0 fully saturated rings. The Morgan fingerprint density at radius 2 is 2.05 bits per heavy atom. The number of aliphatic imine (C=N–C) groups is 1. The second-order valence-electron chi connectivity index (χ2n) is 4.02. The largest absolute Gasteiger partial charge is 0.497 e. The molecule has 0 bridgehead atoms. The lowest BCUT2D eigenvalue weighted by molar-refractivity contribution is -0.138. The maximum absolute atomic E-state index is 11.6. The molecule has 0 saturated carbocycles. The lowest BCUT2D eigenvalue weighted by atomic mass is 10.2. The number of amidine groups is 1. The zero-order chi connectivity index (χ0) is 14.4. The molecular formula is C13H15N3O3S. The molecular weight excluding hydrogens is 278 g/mol. The number of hydrogen-bond donors (Lipinski definition) is 2. The van der Waals surface area contributed by atoms with Crippen molar-refractivity contribution in [3.8, 4) is 5.75 Å². The number of nitrogens with one attached hydrogen (secondary N) is 2. The van der Waals surface area contributed by atoms with Gasteiger partial charge in [-0.3, -0.25) is 19.9 Å². The van der Waals surface area contributed by atoms with Crippen molar-refractivity contribution >= 4 is 28.7 Å². The molecule has 20 heavy (non-hydrogen) atoms. The van der Waals surface area contributed by atoms with Gasteiger partial charge in [-0.2, -0.15) is 0 Å². The lowest BCUT2D eigenvalue weighted by Crippen LogP contribution is -2.41. The summed E-state index contributed by atoms with van der Waals surface area (Å²) in [6.07, 6.45) is 0. The van der Waals surface area contributed by atoms with Gasteiger partial charge in [0.1, 0.15) is 5.75 Å². The fraction of sp³-hybridized carbons (Fsp3) is 0.308. The number of thioether (sulfide) groups is 1. The van der Waals surface area contributed by atoms with Gasteiger partial charge in [0.25, 0.3) is 0 Å². The summed E-state index contributed by atoms with van der Waals surface area (Å²) in [7, 11) is 1.59. The molecule has 6 nitrogen and oxygen atoms in total. The Morgan fingerprint density at radius 3 is 2.65 bits per heavy atom. The monoisotopic (exact) mass is 293 g/mol. The predicted octanol–water partition coefficient (Wildman–Crippen LogP) is 0.530. The SMILES string of the molecule is COc1ccc(CNC(=O)C(=O)NC2=NCCS2)cc1. The van der Waals surface area contributed by atoms with Gasteiger partial charge in [0.15, 0.2) is 5.17 Å². The van der Waals surface area contributed by atoms with Gasteiger partial charge < -0.3 is 10.1 Å². The first-order chi connectivity index (χ1) is 9.69. The number of hydrogen-bond acceptors (Lipinski definition) is 5. The van der Waals surface area contributed by atoms with E-state index in [4.69, 9.17) is 4.74 Å². The number of carbonyl (C=O) groups is 2. The third-order valence-corrected chi connectivity index (χ3v) is 3.52. The van der Waals surface area contributed by atoms with Gasteiger partial charge in [-0.15, -0.1) is 0 Å². The summed E-state index contributed by atoms with van der Waals surface area (Å²) in [5.41, 5.74) is 0.888. The molecule has 7 heteroatoms. The maximum Gasteiger partial charge on any atom is 0.315 e. The van der Waals surface area contributed by atoms with Crippen LogP contribution in [0.2, 0.25) is 0 Å². The minimum Gasteiger partial charge on any atom is -0.497 e. The standard InChI is InChI=1S/C13H15N3O3S/c1-19-10-4-2-9(3-5-10)8-15-11(17)12(18)16-13-14-6-7-20-13/h2-5H,6-8H2,1H3,(H,15,17)(H,14,16,18). The highest BCUT2D eigenvalue weighted by atomic mass is 32.2. The molecule has 2 N–H and O–H groups in total. The molecule has 0 unspecified atom stereocenters. The first-order valence-corrected chi connectivity index (χ1v) is 7.07. The summed E-state index contributed by atoms with van der Waals surface area (Å²) in [5.74, 6) is 0.222. The van der Waals surface area contributed by atoms with Crippen molar-refractivity contribution in [2.75, 3.05) is 19.4 Å². The average Bonchev–Trinajstić information content (AvgIpc) is 2.98. The molecule has 0 atom stereocenters. The normalized spacial score (nSPS) is 13.6. The first kappa shape index (κ1) is 14.4. The highest BCUT2D eigenvalue weighted by Gasteiger charge is 2.17. The van der Waals surface area contributed by atoms with Crippen LogP contribution < -0.4 is 15.4 Å². The van der Waals surface area contributed by atoms with Crippen LogP contribution in [-0.4, -0.2) is 36.4 Å². The van der Waals surface area contributed by atoms with Crippen LogP contribution in [0, 0.1) is 0 Å². The smallest absolute Gasteiger partial charge is 0.315 e. The van der Waals surface area contributed by atoms with Crippen LogP contribution in [0.25, 0.3) is 0 Å². The Morgan fingerprint density at radius 1 is 1.30 bits per heavy atom. The number of rotatable bonds is 3. The van der Waals surface area contributed by atoms with Gasteiger partial charge in [-0.25, -0.2) is 0 Å². The molecule has 1 aliphatic rings. The quantitative estimate of drug-likeness (QED) is 0.797. The summed E-state index contributed by atoms with van der Waals surface area (Å²) in [5, 5.41) is 5.54. The Kier molecular flexibility index (Phi) is 5.00. The zero-order valence-corrected chi connectivity index (χ0v) is 11.8. The second kappa shape index (κ2) is 6.95. The zero-order valence-electron chi connectivity index (χ0n) is 11.0. The topological polar surface area (TPSA) is 79.8 Å². The van der Waals surface area contributed by atoms with Gasteiger partial charge in [0, 0.05) is 12.3 Å². The van der Waals surface area contributed by atoms with Gasteiger partial charge >= 0.3 is 11.8 Å². The Bertz CT molecular complexity index is 528. The molecule has 1 heterocycles. The highest BCUT2D eigenvalue weighted by Crippen LogP contribution is 2.11. The Hall–Kier alpha value is -2.02. The van der Waals surface area contributed by atoms with Crippen molar-refractivity contribution in [3.05, 3.63) is 29.8 Å². The molecule has 0 aliphatic carbocycles. The molecule has 2 amide bonds. The summed E-state index contributed by atoms with van der Waals surface area (Å²) in [6.45, 7) is 0.962. The number of amides is 2. The minimum absolute atomic E-state index is 0.288. The van der Waals surface area contributed by atoms with E-state index in [1.807, 2.05) is 12.1 Å². The first-order valence-electron chi connectivity index (χ1n) is 6.08. The maximum atomic E-state index is 11.6. The Balaban J connectivity index is 1.80. The van der Waals surface area contributed by atoms with E-state index in [2.05, 4.69) is 15.6 Å². The average molecular weight is 293 g/mol. The van der Waals surface area contributed by atoms with Crippen LogP contribution in [0.4, 0.5) is 0 Å². The molecule has 1 aliphatic heterocycles. The number of methoxy groups -OCH3 is 1. The number of ether oxygens (including phenoxy) is 1. The van der Waals surface area contributed by atoms with Crippen LogP contribution in [0.3, 0.4) is 0 Å². The second-order valence-corrected chi connectivity index (χ2v) is 5.10. The summed E-state index contributed by atoms with van der Waals surface area (Å²) in [4.78, 5) is 27.2. The van der Waals surface area contributed by atoms with E-state index in [0.29, 0.717) is 11.7 Å². The summed E-state index contributed by atoms with van der Waals surface area (Å²) < 4.78 is 5.04. The fourth-order valence-corrected chi connectivity index (χ4v) is 2.29. The van der Waals surface area contributed by atoms with Crippen molar-refractivity contribution in [2.45, 2.75) is 6.54 Å². The van der Waals surface area contributed by atoms with E-state index in [1.54, 1.807) is 19.2 Å². The van der Waals surface area contributed by atoms with E-state index in [9.17, 15) is 9.59 Å². The molecule has 0 spiro atoms. The molecule has 106 valence electrons. The van der Waals surface area contributed by atoms with E-state index in [1.165, 1.54) is 11.8 Å². The van der Waals surface area contributed by atoms with E-state index >= 15 is 0 Å². The lowest BCUT2D eigenvalue weighted by Gasteiger charge is -2.06. The van der Waals surface area contributed by atoms with Crippen molar-refractivity contribution in [3.63, 3.8) is 0 Å².